The van der Waals surface area contributed by atoms with Gasteiger partial charge >= 0.3 is 11.9 Å². The number of aromatic hydroxyl groups is 2. The first-order chi connectivity index (χ1) is 27.0. The summed E-state index contributed by atoms with van der Waals surface area (Å²) in [7, 11) is 3.00. The summed E-state index contributed by atoms with van der Waals surface area (Å²) in [4.78, 5) is 30.3. The molecule has 1 spiro atoms. The lowest BCUT2D eigenvalue weighted by atomic mass is 9.74. The summed E-state index contributed by atoms with van der Waals surface area (Å²) in [6, 6.07) is 3.01. The van der Waals surface area contributed by atoms with Crippen molar-refractivity contribution in [2.24, 2.45) is 0 Å². The first kappa shape index (κ1) is 37.2. The first-order valence-electron chi connectivity index (χ1n) is 19.2. The molecule has 3 aromatic rings. The van der Waals surface area contributed by atoms with E-state index in [1.54, 1.807) is 12.1 Å². The Morgan fingerprint density at radius 2 is 1.84 bits per heavy atom. The molecule has 0 amide bonds. The number of phenolic OH excluding ortho intramolecular Hbond substituents is 2. The number of hydrogen-bond acceptors (Lipinski definition) is 15. The van der Waals surface area contributed by atoms with Gasteiger partial charge in [-0.15, -0.1) is 11.8 Å². The molecule has 7 aliphatic rings. The molecule has 10 rings (SSSR count). The lowest BCUT2D eigenvalue weighted by molar-refractivity contribution is -0.164. The summed E-state index contributed by atoms with van der Waals surface area (Å²) in [5.74, 6) is 1.12. The fourth-order valence-corrected chi connectivity index (χ4v) is 11.6. The maximum absolute atomic E-state index is 14.7. The van der Waals surface area contributed by atoms with Gasteiger partial charge in [-0.25, -0.2) is 4.79 Å². The van der Waals surface area contributed by atoms with Crippen molar-refractivity contribution in [3.63, 3.8) is 0 Å². The quantitative estimate of drug-likeness (QED) is 0.177. The van der Waals surface area contributed by atoms with Crippen LogP contribution in [-0.4, -0.2) is 90.4 Å². The molecule has 3 aromatic carbocycles. The highest BCUT2D eigenvalue weighted by Gasteiger charge is 2.60. The van der Waals surface area contributed by atoms with Crippen molar-refractivity contribution in [2.45, 2.75) is 94.1 Å². The molecule has 0 saturated carbocycles. The molecule has 7 aliphatic heterocycles. The van der Waals surface area contributed by atoms with E-state index >= 15 is 0 Å². The minimum atomic E-state index is -1.36. The highest BCUT2D eigenvalue weighted by atomic mass is 32.2. The molecule has 15 heteroatoms. The van der Waals surface area contributed by atoms with Crippen molar-refractivity contribution in [1.82, 2.24) is 15.5 Å². The molecule has 56 heavy (non-hydrogen) atoms. The molecule has 0 aromatic heterocycles. The molecule has 5 N–H and O–H groups in total. The van der Waals surface area contributed by atoms with Gasteiger partial charge in [0.05, 0.1) is 37.6 Å². The topological polar surface area (TPSA) is 178 Å². The van der Waals surface area contributed by atoms with Crippen LogP contribution in [0.1, 0.15) is 88.0 Å². The number of methoxy groups -OCH3 is 2. The number of aliphatic hydroxyl groups is 1. The fourth-order valence-electron chi connectivity index (χ4n) is 9.95. The Morgan fingerprint density at radius 3 is 2.61 bits per heavy atom. The summed E-state index contributed by atoms with van der Waals surface area (Å²) in [6.07, 6.45) is 1.62. The largest absolute Gasteiger partial charge is 0.504 e. The van der Waals surface area contributed by atoms with Gasteiger partial charge in [0.1, 0.15) is 18.6 Å². The van der Waals surface area contributed by atoms with Crippen LogP contribution in [0.5, 0.6) is 40.2 Å². The van der Waals surface area contributed by atoms with Gasteiger partial charge in [-0.3, -0.25) is 15.0 Å². The molecular weight excluding hydrogens is 743 g/mol. The number of esters is 2. The van der Waals surface area contributed by atoms with E-state index in [0.29, 0.717) is 76.6 Å². The van der Waals surface area contributed by atoms with Crippen molar-refractivity contribution in [1.29, 1.82) is 0 Å². The zero-order chi connectivity index (χ0) is 39.2. The number of aliphatic hydroxyl groups excluding tert-OH is 1. The number of phenols is 2. The number of carbonyl (C=O) groups excluding carboxylic acids is 2. The van der Waals surface area contributed by atoms with Crippen molar-refractivity contribution < 1.29 is 53.3 Å². The number of piperazine rings is 1. The predicted octanol–water partition coefficient (Wildman–Crippen LogP) is 4.24. The number of ether oxygens (including phenoxy) is 6. The molecule has 1 unspecified atom stereocenters. The number of benzene rings is 3. The van der Waals surface area contributed by atoms with E-state index in [1.807, 2.05) is 31.7 Å². The maximum Gasteiger partial charge on any atom is 0.331 e. The van der Waals surface area contributed by atoms with Crippen LogP contribution in [0, 0.1) is 13.8 Å². The number of nitrogens with one attached hydrogen (secondary N) is 2. The van der Waals surface area contributed by atoms with Gasteiger partial charge in [-0.1, -0.05) is 19.4 Å². The van der Waals surface area contributed by atoms with Crippen LogP contribution in [0.4, 0.5) is 0 Å². The number of aryl methyl sites for hydroxylation is 1. The van der Waals surface area contributed by atoms with Crippen LogP contribution >= 0.6 is 11.8 Å². The lowest BCUT2D eigenvalue weighted by Crippen LogP contribution is -2.69. The smallest absolute Gasteiger partial charge is 0.331 e. The van der Waals surface area contributed by atoms with Gasteiger partial charge in [0.2, 0.25) is 6.79 Å². The number of rotatable bonds is 6. The van der Waals surface area contributed by atoms with E-state index in [4.69, 9.17) is 28.4 Å². The molecule has 0 aliphatic carbocycles. The van der Waals surface area contributed by atoms with Crippen molar-refractivity contribution in [2.75, 3.05) is 39.9 Å². The summed E-state index contributed by atoms with van der Waals surface area (Å²) in [5, 5.41) is 41.8. The van der Waals surface area contributed by atoms with E-state index in [9.17, 15) is 24.9 Å². The SMILES string of the molecule is CCCCC(=O)Oc1c(C)c2c(c3c1[C@H]1SC[C@]4(NCCc5cc(O)c(OC)cc54)C(=O)OC[C@@H]3N3C1[C@@H]1N[C@@H](Cc4cc(C)c(OC)c(O)c41)[C@@H]3O)OCO2. The Labute approximate surface area is 328 Å². The Kier molecular flexibility index (Phi) is 9.23. The number of thioether (sulfide) groups is 1. The standard InChI is InChI=1S/C41H47N3O11S/c1-6-7-8-27(46)55-35-19(3)36-37(54-17-53-36)29-24-15-52-40(49)41(22-14-26(50-4)25(45)13-20(22)9-10-42-41)16-56-38(30(29)35)32-31-28-21(11-18(2)34(51-5)33(28)47)12-23(43-31)39(48)44(24)32/h11,13-14,23-24,31-32,38-39,42-43,45,47-48H,6-10,12,15-17H2,1-5H3/t23-,24-,31+,32?,38+,39-,41+/m0/s1. The molecular formula is C41H47N3O11S. The second kappa shape index (κ2) is 13.9. The highest BCUT2D eigenvalue weighted by Crippen LogP contribution is 2.63. The molecule has 7 heterocycles. The predicted molar refractivity (Wildman–Crippen MR) is 204 cm³/mol. The second-order valence-electron chi connectivity index (χ2n) is 15.5. The molecule has 0 radical (unpaired) electrons. The minimum Gasteiger partial charge on any atom is -0.504 e. The number of nitrogens with zero attached hydrogens (tertiary/aromatic N) is 1. The molecule has 4 bridgehead atoms. The Balaban J connectivity index is 1.29. The molecule has 14 nitrogen and oxygen atoms in total. The van der Waals surface area contributed by atoms with Crippen molar-refractivity contribution in [3.05, 3.63) is 62.7 Å². The first-order valence-corrected chi connectivity index (χ1v) is 20.3. The van der Waals surface area contributed by atoms with Crippen molar-refractivity contribution in [3.8, 4) is 40.2 Å². The van der Waals surface area contributed by atoms with Crippen LogP contribution < -0.4 is 34.3 Å². The van der Waals surface area contributed by atoms with Gasteiger partial charge in [-0.2, -0.15) is 0 Å². The van der Waals surface area contributed by atoms with Crippen LogP contribution in [-0.2, 0) is 32.7 Å². The Morgan fingerprint density at radius 1 is 1.04 bits per heavy atom. The highest BCUT2D eigenvalue weighted by molar-refractivity contribution is 7.99. The zero-order valence-electron chi connectivity index (χ0n) is 32.0. The van der Waals surface area contributed by atoms with Crippen LogP contribution in [0.2, 0.25) is 0 Å². The minimum absolute atomic E-state index is 0.0212. The van der Waals surface area contributed by atoms with E-state index in [1.165, 1.54) is 26.0 Å². The molecule has 298 valence electrons. The Hall–Kier alpha value is -4.41. The number of unbranched alkanes of at least 4 members (excludes halogenated alkanes) is 1. The van der Waals surface area contributed by atoms with Gasteiger partial charge in [0, 0.05) is 47.0 Å². The number of hydrogen-bond donors (Lipinski definition) is 5. The average molecular weight is 790 g/mol. The van der Waals surface area contributed by atoms with Crippen molar-refractivity contribution >= 4 is 23.7 Å². The van der Waals surface area contributed by atoms with Gasteiger partial charge in [-0.05, 0) is 67.5 Å². The van der Waals surface area contributed by atoms with E-state index < -0.39 is 47.2 Å². The van der Waals surface area contributed by atoms with E-state index in [0.717, 1.165) is 23.1 Å². The second-order valence-corrected chi connectivity index (χ2v) is 16.6. The van der Waals surface area contributed by atoms with E-state index in [2.05, 4.69) is 10.6 Å². The summed E-state index contributed by atoms with van der Waals surface area (Å²) in [6.45, 7) is 5.94. The maximum atomic E-state index is 14.7. The van der Waals surface area contributed by atoms with E-state index in [-0.39, 0.29) is 48.8 Å². The summed E-state index contributed by atoms with van der Waals surface area (Å²) < 4.78 is 36.3. The van der Waals surface area contributed by atoms with Crippen LogP contribution in [0.3, 0.4) is 0 Å². The summed E-state index contributed by atoms with van der Waals surface area (Å²) in [5.41, 5.74) is 4.35. The zero-order valence-corrected chi connectivity index (χ0v) is 32.8. The third kappa shape index (κ3) is 5.37. The normalized spacial score (nSPS) is 28.4. The van der Waals surface area contributed by atoms with Gasteiger partial charge < -0.3 is 49.1 Å². The molecule has 2 saturated heterocycles. The number of carbonyl (C=O) groups is 2. The number of fused-ring (bicyclic) bond motifs is 9. The fraction of sp³-hybridized carbons (Fsp3) is 0.512. The monoisotopic (exact) mass is 789 g/mol. The summed E-state index contributed by atoms with van der Waals surface area (Å²) >= 11 is 1.47. The lowest BCUT2D eigenvalue weighted by Gasteiger charge is -2.59. The third-order valence-electron chi connectivity index (χ3n) is 12.5. The van der Waals surface area contributed by atoms with Crippen LogP contribution in [0.15, 0.2) is 18.2 Å². The van der Waals surface area contributed by atoms with Gasteiger partial charge in [0.25, 0.3) is 0 Å². The Bertz CT molecular complexity index is 2150. The van der Waals surface area contributed by atoms with Crippen LogP contribution in [0.25, 0.3) is 0 Å². The average Bonchev–Trinajstić information content (AvgIpc) is 3.68. The molecule has 2 fully saturated rings. The third-order valence-corrected chi connectivity index (χ3v) is 13.9. The van der Waals surface area contributed by atoms with Gasteiger partial charge in [0.15, 0.2) is 40.0 Å². The molecule has 7 atom stereocenters.